The Morgan fingerprint density at radius 1 is 0.842 bits per heavy atom. The monoisotopic (exact) mass is 512 g/mol. The Labute approximate surface area is 227 Å². The second-order valence-electron chi connectivity index (χ2n) is 10.6. The highest BCUT2D eigenvalue weighted by atomic mass is 16.5. The predicted molar refractivity (Wildman–Crippen MR) is 155 cm³/mol. The van der Waals surface area contributed by atoms with Crippen molar-refractivity contribution in [2.24, 2.45) is 5.92 Å². The molecule has 0 bridgehead atoms. The van der Waals surface area contributed by atoms with Crippen molar-refractivity contribution in [1.29, 1.82) is 0 Å². The van der Waals surface area contributed by atoms with E-state index in [2.05, 4.69) is 72.5 Å². The van der Waals surface area contributed by atoms with Crippen molar-refractivity contribution in [2.45, 2.75) is 58.4 Å². The fourth-order valence-corrected chi connectivity index (χ4v) is 5.24. The summed E-state index contributed by atoms with van der Waals surface area (Å²) in [4.78, 5) is 29.7. The Bertz CT molecular complexity index is 1230. The molecule has 1 fully saturated rings. The van der Waals surface area contributed by atoms with Gasteiger partial charge >= 0.3 is 5.97 Å². The van der Waals surface area contributed by atoms with E-state index in [4.69, 9.17) is 4.74 Å². The van der Waals surface area contributed by atoms with Crippen LogP contribution in [-0.4, -0.2) is 33.1 Å². The van der Waals surface area contributed by atoms with Crippen molar-refractivity contribution in [3.63, 3.8) is 0 Å². The summed E-state index contributed by atoms with van der Waals surface area (Å²) in [7, 11) is 5.50. The zero-order valence-electron chi connectivity index (χ0n) is 23.2. The van der Waals surface area contributed by atoms with Crippen LogP contribution in [0.1, 0.15) is 55.2 Å². The van der Waals surface area contributed by atoms with Crippen LogP contribution in [0.3, 0.4) is 0 Å². The third-order valence-electron chi connectivity index (χ3n) is 7.64. The Balaban J connectivity index is 1.59. The van der Waals surface area contributed by atoms with Gasteiger partial charge in [-0.05, 0) is 72.2 Å². The normalized spacial score (nSPS) is 13.7. The fraction of sp³-hybridized carbons (Fsp3) is 0.394. The topological polar surface area (TPSA) is 49.9 Å². The van der Waals surface area contributed by atoms with E-state index in [0.29, 0.717) is 19.4 Å². The maximum absolute atomic E-state index is 13.9. The van der Waals surface area contributed by atoms with Crippen LogP contribution in [0, 0.1) is 12.8 Å². The minimum Gasteiger partial charge on any atom is -0.469 e. The van der Waals surface area contributed by atoms with Gasteiger partial charge in [-0.2, -0.15) is 0 Å². The van der Waals surface area contributed by atoms with E-state index in [1.807, 2.05) is 25.1 Å². The maximum atomic E-state index is 13.9. The minimum atomic E-state index is -0.223. The summed E-state index contributed by atoms with van der Waals surface area (Å²) in [6.45, 7) is 2.58. The molecular formula is C33H40N2O3. The SMILES string of the molecule is COC(=O)CCc1ccc(C)c(N(Cc2ccc(-c3ccc(N(C)C)cc3)cc2)C(=O)C2CCCCC2)c1. The van der Waals surface area contributed by atoms with E-state index in [1.165, 1.54) is 24.8 Å². The molecule has 1 aliphatic rings. The number of methoxy groups -OCH3 is 1. The van der Waals surface area contributed by atoms with Crippen LogP contribution >= 0.6 is 0 Å². The van der Waals surface area contributed by atoms with Crippen LogP contribution in [0.5, 0.6) is 0 Å². The van der Waals surface area contributed by atoms with Crippen molar-refractivity contribution >= 4 is 23.3 Å². The van der Waals surface area contributed by atoms with Crippen molar-refractivity contribution in [3.05, 3.63) is 83.4 Å². The van der Waals surface area contributed by atoms with Crippen LogP contribution < -0.4 is 9.80 Å². The number of hydrogen-bond donors (Lipinski definition) is 0. The molecular weight excluding hydrogens is 472 g/mol. The summed E-state index contributed by atoms with van der Waals surface area (Å²) >= 11 is 0. The Hall–Kier alpha value is -3.60. The van der Waals surface area contributed by atoms with Crippen molar-refractivity contribution < 1.29 is 14.3 Å². The van der Waals surface area contributed by atoms with Gasteiger partial charge in [-0.15, -0.1) is 0 Å². The molecule has 0 unspecified atom stereocenters. The molecule has 0 atom stereocenters. The highest BCUT2D eigenvalue weighted by molar-refractivity contribution is 5.96. The number of carbonyl (C=O) groups is 2. The second kappa shape index (κ2) is 12.8. The lowest BCUT2D eigenvalue weighted by Gasteiger charge is -2.31. The lowest BCUT2D eigenvalue weighted by molar-refractivity contribution is -0.140. The molecule has 38 heavy (non-hydrogen) atoms. The molecule has 0 spiro atoms. The first-order chi connectivity index (χ1) is 18.4. The van der Waals surface area contributed by atoms with Gasteiger partial charge in [0.25, 0.3) is 0 Å². The van der Waals surface area contributed by atoms with Gasteiger partial charge in [0.1, 0.15) is 0 Å². The largest absolute Gasteiger partial charge is 0.469 e. The lowest BCUT2D eigenvalue weighted by Crippen LogP contribution is -2.37. The number of rotatable bonds is 9. The average Bonchev–Trinajstić information content (AvgIpc) is 2.96. The average molecular weight is 513 g/mol. The number of amides is 1. The summed E-state index contributed by atoms with van der Waals surface area (Å²) in [5.74, 6) is 0.0522. The number of anilines is 2. The summed E-state index contributed by atoms with van der Waals surface area (Å²) in [6, 6.07) is 23.3. The van der Waals surface area contributed by atoms with Crippen LogP contribution in [0.2, 0.25) is 0 Å². The molecule has 1 amide bonds. The summed E-state index contributed by atoms with van der Waals surface area (Å²) in [6.07, 6.45) is 6.27. The number of ether oxygens (including phenoxy) is 1. The van der Waals surface area contributed by atoms with Gasteiger partial charge in [0, 0.05) is 37.8 Å². The van der Waals surface area contributed by atoms with Gasteiger partial charge in [0.15, 0.2) is 0 Å². The summed E-state index contributed by atoms with van der Waals surface area (Å²) in [5, 5.41) is 0. The number of benzene rings is 3. The molecule has 4 rings (SSSR count). The molecule has 1 aliphatic carbocycles. The lowest BCUT2D eigenvalue weighted by atomic mass is 9.88. The van der Waals surface area contributed by atoms with Crippen LogP contribution in [0.4, 0.5) is 11.4 Å². The first-order valence-corrected chi connectivity index (χ1v) is 13.7. The van der Waals surface area contributed by atoms with Crippen molar-refractivity contribution in [1.82, 2.24) is 0 Å². The summed E-state index contributed by atoms with van der Waals surface area (Å²) < 4.78 is 4.82. The smallest absolute Gasteiger partial charge is 0.305 e. The third-order valence-corrected chi connectivity index (χ3v) is 7.64. The molecule has 1 saturated carbocycles. The van der Waals surface area contributed by atoms with E-state index < -0.39 is 0 Å². The van der Waals surface area contributed by atoms with Gasteiger partial charge in [0.05, 0.1) is 13.7 Å². The molecule has 0 radical (unpaired) electrons. The molecule has 0 aliphatic heterocycles. The standard InChI is InChI=1S/C33H40N2O3/c1-24-10-11-25(14-21-32(36)38-4)22-31(24)35(33(37)29-8-6-5-7-9-29)23-26-12-15-27(16-13-26)28-17-19-30(20-18-28)34(2)3/h10-13,15-20,22,29H,5-9,14,21,23H2,1-4H3. The highest BCUT2D eigenvalue weighted by Crippen LogP contribution is 2.32. The van der Waals surface area contributed by atoms with E-state index in [9.17, 15) is 9.59 Å². The molecule has 200 valence electrons. The molecule has 5 nitrogen and oxygen atoms in total. The van der Waals surface area contributed by atoms with E-state index in [1.54, 1.807) is 0 Å². The molecule has 0 N–H and O–H groups in total. The van der Waals surface area contributed by atoms with Gasteiger partial charge in [-0.3, -0.25) is 9.59 Å². The molecule has 3 aromatic carbocycles. The second-order valence-corrected chi connectivity index (χ2v) is 10.6. The Morgan fingerprint density at radius 2 is 1.45 bits per heavy atom. The number of aryl methyl sites for hydroxylation is 2. The fourth-order valence-electron chi connectivity index (χ4n) is 5.24. The Kier molecular flexibility index (Phi) is 9.22. The van der Waals surface area contributed by atoms with E-state index in [0.717, 1.165) is 53.6 Å². The summed E-state index contributed by atoms with van der Waals surface area (Å²) in [5.41, 5.74) is 7.64. The predicted octanol–water partition coefficient (Wildman–Crippen LogP) is 6.95. The molecule has 0 heterocycles. The molecule has 3 aromatic rings. The number of hydrogen-bond acceptors (Lipinski definition) is 4. The van der Waals surface area contributed by atoms with E-state index in [-0.39, 0.29) is 17.8 Å². The number of esters is 1. The molecule has 0 saturated heterocycles. The minimum absolute atomic E-state index is 0.0661. The number of carbonyl (C=O) groups excluding carboxylic acids is 2. The molecule has 0 aromatic heterocycles. The molecule has 5 heteroatoms. The number of nitrogens with zero attached hydrogens (tertiary/aromatic N) is 2. The first-order valence-electron chi connectivity index (χ1n) is 13.7. The first kappa shape index (κ1) is 27.4. The zero-order chi connectivity index (χ0) is 27.1. The third kappa shape index (κ3) is 6.83. The van der Waals surface area contributed by atoms with Gasteiger partial charge in [0.2, 0.25) is 5.91 Å². The maximum Gasteiger partial charge on any atom is 0.305 e. The quantitative estimate of drug-likeness (QED) is 0.291. The van der Waals surface area contributed by atoms with Crippen LogP contribution in [0.25, 0.3) is 11.1 Å². The van der Waals surface area contributed by atoms with Gasteiger partial charge in [-0.25, -0.2) is 0 Å². The van der Waals surface area contributed by atoms with Crippen LogP contribution in [-0.2, 0) is 27.3 Å². The van der Waals surface area contributed by atoms with Crippen molar-refractivity contribution in [3.8, 4) is 11.1 Å². The van der Waals surface area contributed by atoms with Gasteiger partial charge in [-0.1, -0.05) is 67.8 Å². The van der Waals surface area contributed by atoms with E-state index >= 15 is 0 Å². The highest BCUT2D eigenvalue weighted by Gasteiger charge is 2.28. The zero-order valence-corrected chi connectivity index (χ0v) is 23.2. The van der Waals surface area contributed by atoms with Crippen LogP contribution in [0.15, 0.2) is 66.7 Å². The van der Waals surface area contributed by atoms with Crippen molar-refractivity contribution in [2.75, 3.05) is 31.0 Å². The Morgan fingerprint density at radius 3 is 2.05 bits per heavy atom. The van der Waals surface area contributed by atoms with Gasteiger partial charge < -0.3 is 14.5 Å².